The van der Waals surface area contributed by atoms with Crippen LogP contribution >= 0.6 is 0 Å². The Morgan fingerprint density at radius 2 is 1.81 bits per heavy atom. The van der Waals surface area contributed by atoms with Gasteiger partial charge in [0.2, 0.25) is 8.32 Å². The summed E-state index contributed by atoms with van der Waals surface area (Å²) in [6, 6.07) is 6.90. The second-order valence-electron chi connectivity index (χ2n) is 9.97. The van der Waals surface area contributed by atoms with E-state index in [2.05, 4.69) is 38.8 Å². The van der Waals surface area contributed by atoms with Gasteiger partial charge in [0.1, 0.15) is 6.17 Å². The molecule has 1 aromatic carbocycles. The summed E-state index contributed by atoms with van der Waals surface area (Å²) in [6.45, 7) is 15.5. The Hall–Kier alpha value is -1.36. The van der Waals surface area contributed by atoms with Gasteiger partial charge >= 0.3 is 0 Å². The Labute approximate surface area is 186 Å². The molecule has 2 fully saturated rings. The summed E-state index contributed by atoms with van der Waals surface area (Å²) >= 11 is 0. The summed E-state index contributed by atoms with van der Waals surface area (Å²) in [5.41, 5.74) is 1.14. The second kappa shape index (κ2) is 9.64. The van der Waals surface area contributed by atoms with Gasteiger partial charge in [-0.25, -0.2) is 4.84 Å². The number of hydroxylamine groups is 2. The van der Waals surface area contributed by atoms with Crippen LogP contribution in [-0.4, -0.2) is 55.5 Å². The minimum absolute atomic E-state index is 0.0212. The van der Waals surface area contributed by atoms with E-state index in [0.29, 0.717) is 13.0 Å². The summed E-state index contributed by atoms with van der Waals surface area (Å²) in [5.74, 6) is 0.0500. The fraction of sp³-hybridized carbons (Fsp3) is 0.727. The molecular weight excluding hydrogens is 414 g/mol. The van der Waals surface area contributed by atoms with E-state index < -0.39 is 14.6 Å². The lowest BCUT2D eigenvalue weighted by molar-refractivity contribution is -0.442. The van der Waals surface area contributed by atoms with Gasteiger partial charge in [-0.05, 0) is 56.6 Å². The molecular formula is C22H37N3O5Si. The van der Waals surface area contributed by atoms with Crippen molar-refractivity contribution in [3.05, 3.63) is 39.9 Å². The first-order chi connectivity index (χ1) is 14.5. The number of nitro benzene ring substituents is 1. The zero-order chi connectivity index (χ0) is 22.8. The van der Waals surface area contributed by atoms with E-state index in [1.165, 1.54) is 0 Å². The highest BCUT2D eigenvalue weighted by molar-refractivity contribution is 6.74. The van der Waals surface area contributed by atoms with Gasteiger partial charge in [0.25, 0.3) is 5.69 Å². The lowest BCUT2D eigenvalue weighted by Crippen LogP contribution is -2.60. The molecule has 0 spiro atoms. The van der Waals surface area contributed by atoms with Gasteiger partial charge in [-0.1, -0.05) is 38.1 Å². The van der Waals surface area contributed by atoms with Crippen LogP contribution in [0.3, 0.4) is 0 Å². The molecule has 0 aromatic heterocycles. The van der Waals surface area contributed by atoms with E-state index in [0.717, 1.165) is 31.5 Å². The first kappa shape index (κ1) is 24.3. The molecule has 0 N–H and O–H groups in total. The predicted octanol–water partition coefficient (Wildman–Crippen LogP) is 5.04. The molecule has 174 valence electrons. The number of nitro groups is 1. The van der Waals surface area contributed by atoms with Crippen molar-refractivity contribution in [1.82, 2.24) is 10.1 Å². The Bertz CT molecular complexity index is 747. The first-order valence-electron chi connectivity index (χ1n) is 11.3. The second-order valence-corrected chi connectivity index (χ2v) is 14.7. The van der Waals surface area contributed by atoms with Crippen molar-refractivity contribution >= 4 is 14.0 Å². The maximum atomic E-state index is 11.1. The molecule has 1 aromatic rings. The van der Waals surface area contributed by atoms with E-state index in [9.17, 15) is 10.1 Å². The smallest absolute Gasteiger partial charge is 0.269 e. The number of non-ortho nitro benzene ring substituents is 1. The molecule has 3 rings (SSSR count). The summed E-state index contributed by atoms with van der Waals surface area (Å²) < 4.78 is 12.6. The molecule has 2 aliphatic heterocycles. The summed E-state index contributed by atoms with van der Waals surface area (Å²) in [6.07, 6.45) is 2.44. The standard InChI is InChI=1S/C22H37N3O5Si/c1-7-28-20-16-19(17-10-12-18(13-11-17)24(26)27)21(23-14-8-9-15-23)25(29-20)30-31(5,6)22(2,3)4/h10-13,19-21H,7-9,14-16H2,1-6H3/t19-,20-,21+/m1/s1. The Kier molecular flexibility index (Phi) is 7.55. The molecule has 3 atom stereocenters. The molecule has 0 bridgehead atoms. The molecule has 2 aliphatic rings. The summed E-state index contributed by atoms with van der Waals surface area (Å²) in [7, 11) is -2.16. The van der Waals surface area contributed by atoms with Crippen molar-refractivity contribution in [2.45, 2.75) is 83.5 Å². The lowest BCUT2D eigenvalue weighted by Gasteiger charge is -2.50. The number of ether oxygens (including phenoxy) is 1. The number of hydrogen-bond acceptors (Lipinski definition) is 7. The van der Waals surface area contributed by atoms with E-state index in [1.54, 1.807) is 17.4 Å². The van der Waals surface area contributed by atoms with Crippen LogP contribution in [0.15, 0.2) is 24.3 Å². The summed E-state index contributed by atoms with van der Waals surface area (Å²) in [5, 5.41) is 12.9. The topological polar surface area (TPSA) is 77.3 Å². The third-order valence-electron chi connectivity index (χ3n) is 6.77. The molecule has 0 unspecified atom stereocenters. The van der Waals surface area contributed by atoms with Crippen LogP contribution in [0.1, 0.15) is 58.4 Å². The van der Waals surface area contributed by atoms with E-state index in [-0.39, 0.29) is 27.7 Å². The van der Waals surface area contributed by atoms with Gasteiger partial charge in [0, 0.05) is 31.1 Å². The zero-order valence-corrected chi connectivity index (χ0v) is 20.7. The van der Waals surface area contributed by atoms with E-state index in [1.807, 2.05) is 19.1 Å². The van der Waals surface area contributed by atoms with Crippen molar-refractivity contribution in [3.63, 3.8) is 0 Å². The van der Waals surface area contributed by atoms with Crippen molar-refractivity contribution < 1.29 is 19.0 Å². The van der Waals surface area contributed by atoms with Crippen LogP contribution in [0.2, 0.25) is 18.1 Å². The molecule has 2 heterocycles. The quantitative estimate of drug-likeness (QED) is 0.327. The number of hydrogen-bond donors (Lipinski definition) is 0. The number of likely N-dealkylation sites (tertiary alicyclic amines) is 1. The zero-order valence-electron chi connectivity index (χ0n) is 19.7. The lowest BCUT2D eigenvalue weighted by atomic mass is 9.90. The fourth-order valence-electron chi connectivity index (χ4n) is 3.96. The fourth-order valence-corrected chi connectivity index (χ4v) is 4.84. The molecule has 0 saturated carbocycles. The van der Waals surface area contributed by atoms with E-state index >= 15 is 0 Å². The molecule has 0 radical (unpaired) electrons. The van der Waals surface area contributed by atoms with Crippen LogP contribution < -0.4 is 0 Å². The molecule has 31 heavy (non-hydrogen) atoms. The highest BCUT2D eigenvalue weighted by Crippen LogP contribution is 2.43. The third-order valence-corrected chi connectivity index (χ3v) is 11.0. The average Bonchev–Trinajstić information content (AvgIpc) is 3.21. The molecule has 9 heteroatoms. The number of rotatable bonds is 7. The van der Waals surface area contributed by atoms with Crippen molar-refractivity contribution in [2.75, 3.05) is 19.7 Å². The van der Waals surface area contributed by atoms with E-state index in [4.69, 9.17) is 14.1 Å². The SMILES string of the molecule is CCO[C@H]1C[C@H](c2ccc([N+](=O)[O-])cc2)[C@@H](N2CCCC2)N(O[Si](C)(C)C(C)(C)C)O1. The van der Waals surface area contributed by atoms with Gasteiger partial charge in [-0.2, -0.15) is 0 Å². The normalized spacial score (nSPS) is 26.3. The molecule has 0 amide bonds. The van der Waals surface area contributed by atoms with Crippen LogP contribution in [0.5, 0.6) is 0 Å². The minimum atomic E-state index is -2.16. The van der Waals surface area contributed by atoms with Crippen molar-refractivity contribution in [2.24, 2.45) is 0 Å². The highest BCUT2D eigenvalue weighted by atomic mass is 28.4. The molecule has 2 saturated heterocycles. The Balaban J connectivity index is 1.97. The Morgan fingerprint density at radius 3 is 2.32 bits per heavy atom. The van der Waals surface area contributed by atoms with Gasteiger partial charge in [0.05, 0.1) is 4.92 Å². The van der Waals surface area contributed by atoms with Crippen LogP contribution in [-0.2, 0) is 14.1 Å². The minimum Gasteiger partial charge on any atom is -0.351 e. The molecule has 8 nitrogen and oxygen atoms in total. The van der Waals surface area contributed by atoms with Crippen LogP contribution in [0.25, 0.3) is 0 Å². The van der Waals surface area contributed by atoms with Crippen LogP contribution in [0.4, 0.5) is 5.69 Å². The average molecular weight is 452 g/mol. The number of nitrogens with zero attached hydrogens (tertiary/aromatic N) is 3. The first-order valence-corrected chi connectivity index (χ1v) is 14.2. The van der Waals surface area contributed by atoms with Gasteiger partial charge in [0.15, 0.2) is 6.29 Å². The molecule has 0 aliphatic carbocycles. The van der Waals surface area contributed by atoms with Crippen molar-refractivity contribution in [3.8, 4) is 0 Å². The van der Waals surface area contributed by atoms with Gasteiger partial charge in [-0.3, -0.25) is 15.0 Å². The number of benzene rings is 1. The van der Waals surface area contributed by atoms with Crippen molar-refractivity contribution in [1.29, 1.82) is 0 Å². The third kappa shape index (κ3) is 5.53. The highest BCUT2D eigenvalue weighted by Gasteiger charge is 2.48. The Morgan fingerprint density at radius 1 is 1.19 bits per heavy atom. The monoisotopic (exact) mass is 451 g/mol. The van der Waals surface area contributed by atoms with Gasteiger partial charge in [-0.15, -0.1) is 0 Å². The maximum Gasteiger partial charge on any atom is 0.269 e. The predicted molar refractivity (Wildman–Crippen MR) is 122 cm³/mol. The van der Waals surface area contributed by atoms with Crippen LogP contribution in [0, 0.1) is 10.1 Å². The largest absolute Gasteiger partial charge is 0.351 e. The summed E-state index contributed by atoms with van der Waals surface area (Å²) in [4.78, 5) is 19.5. The van der Waals surface area contributed by atoms with Gasteiger partial charge < -0.3 is 9.26 Å². The maximum absolute atomic E-state index is 11.1.